The molecule has 1 fully saturated rings. The van der Waals surface area contributed by atoms with E-state index in [9.17, 15) is 22.4 Å². The van der Waals surface area contributed by atoms with E-state index in [4.69, 9.17) is 0 Å². The third-order valence-corrected chi connectivity index (χ3v) is 4.64. The molecule has 2 atom stereocenters. The first-order chi connectivity index (χ1) is 11.8. The van der Waals surface area contributed by atoms with Crippen LogP contribution in [0.15, 0.2) is 48.5 Å². The van der Waals surface area contributed by atoms with Gasteiger partial charge in [-0.25, -0.2) is 4.39 Å². The van der Waals surface area contributed by atoms with Gasteiger partial charge in [-0.3, -0.25) is 4.79 Å². The monoisotopic (exact) mass is 351 g/mol. The van der Waals surface area contributed by atoms with Crippen LogP contribution < -0.4 is 4.90 Å². The number of rotatable bonds is 3. The first kappa shape index (κ1) is 17.5. The molecule has 2 aromatic carbocycles. The van der Waals surface area contributed by atoms with Crippen molar-refractivity contribution in [2.75, 3.05) is 11.4 Å². The summed E-state index contributed by atoms with van der Waals surface area (Å²) in [6, 6.07) is 10.6. The lowest BCUT2D eigenvalue weighted by atomic mass is 9.87. The lowest BCUT2D eigenvalue weighted by Crippen LogP contribution is -2.26. The van der Waals surface area contributed by atoms with Gasteiger partial charge in [0, 0.05) is 12.2 Å². The SMILES string of the molecule is CCC1CN(c2cccc(C(F)(F)F)c2)C(=O)C1c1cccc(F)c1. The Kier molecular flexibility index (Phi) is 4.54. The van der Waals surface area contributed by atoms with Gasteiger partial charge < -0.3 is 4.90 Å². The molecule has 1 aliphatic rings. The van der Waals surface area contributed by atoms with Gasteiger partial charge in [0.15, 0.2) is 0 Å². The fourth-order valence-corrected chi connectivity index (χ4v) is 3.36. The summed E-state index contributed by atoms with van der Waals surface area (Å²) in [5.74, 6) is -1.35. The normalized spacial score (nSPS) is 21.0. The van der Waals surface area contributed by atoms with E-state index in [2.05, 4.69) is 0 Å². The van der Waals surface area contributed by atoms with Crippen molar-refractivity contribution >= 4 is 11.6 Å². The zero-order chi connectivity index (χ0) is 18.2. The van der Waals surface area contributed by atoms with E-state index in [0.717, 1.165) is 12.1 Å². The lowest BCUT2D eigenvalue weighted by Gasteiger charge is -2.18. The molecule has 0 radical (unpaired) electrons. The van der Waals surface area contributed by atoms with Crippen molar-refractivity contribution in [1.29, 1.82) is 0 Å². The number of anilines is 1. The molecule has 0 aliphatic carbocycles. The van der Waals surface area contributed by atoms with E-state index in [1.54, 1.807) is 6.07 Å². The summed E-state index contributed by atoms with van der Waals surface area (Å²) in [6.45, 7) is 2.23. The predicted octanol–water partition coefficient (Wildman–Crippen LogP) is 5.00. The molecule has 0 spiro atoms. The van der Waals surface area contributed by atoms with Crippen molar-refractivity contribution in [3.63, 3.8) is 0 Å². The Balaban J connectivity index is 1.96. The molecule has 1 heterocycles. The second-order valence-corrected chi connectivity index (χ2v) is 6.20. The van der Waals surface area contributed by atoms with Gasteiger partial charge in [0.1, 0.15) is 5.82 Å². The van der Waals surface area contributed by atoms with Crippen molar-refractivity contribution < 1.29 is 22.4 Å². The van der Waals surface area contributed by atoms with Gasteiger partial charge in [-0.05, 0) is 41.8 Å². The van der Waals surface area contributed by atoms with E-state index >= 15 is 0 Å². The molecular formula is C19H17F4NO. The summed E-state index contributed by atoms with van der Waals surface area (Å²) in [5, 5.41) is 0. The van der Waals surface area contributed by atoms with Crippen molar-refractivity contribution in [2.24, 2.45) is 5.92 Å². The molecule has 1 amide bonds. The van der Waals surface area contributed by atoms with Gasteiger partial charge in [0.25, 0.3) is 0 Å². The van der Waals surface area contributed by atoms with Gasteiger partial charge >= 0.3 is 6.18 Å². The molecule has 0 aromatic heterocycles. The van der Waals surface area contributed by atoms with Gasteiger partial charge in [0.05, 0.1) is 11.5 Å². The molecule has 2 nitrogen and oxygen atoms in total. The van der Waals surface area contributed by atoms with E-state index in [-0.39, 0.29) is 17.5 Å². The van der Waals surface area contributed by atoms with Crippen LogP contribution in [0.5, 0.6) is 0 Å². The average molecular weight is 351 g/mol. The number of alkyl halides is 3. The van der Waals surface area contributed by atoms with E-state index in [0.29, 0.717) is 18.5 Å². The van der Waals surface area contributed by atoms with E-state index in [1.165, 1.54) is 35.2 Å². The third-order valence-electron chi connectivity index (χ3n) is 4.64. The maximum absolute atomic E-state index is 13.5. The smallest absolute Gasteiger partial charge is 0.312 e. The third kappa shape index (κ3) is 3.38. The molecule has 0 bridgehead atoms. The summed E-state index contributed by atoms with van der Waals surface area (Å²) < 4.78 is 52.3. The second kappa shape index (κ2) is 6.50. The summed E-state index contributed by atoms with van der Waals surface area (Å²) in [6.07, 6.45) is -3.80. The molecule has 0 N–H and O–H groups in total. The first-order valence-electron chi connectivity index (χ1n) is 8.05. The van der Waals surface area contributed by atoms with Gasteiger partial charge in [-0.1, -0.05) is 31.5 Å². The van der Waals surface area contributed by atoms with Crippen LogP contribution in [0.3, 0.4) is 0 Å². The molecule has 2 unspecified atom stereocenters. The molecular weight excluding hydrogens is 334 g/mol. The highest BCUT2D eigenvalue weighted by Gasteiger charge is 2.41. The largest absolute Gasteiger partial charge is 0.416 e. The number of nitrogens with zero attached hydrogens (tertiary/aromatic N) is 1. The van der Waals surface area contributed by atoms with Gasteiger partial charge in [-0.15, -0.1) is 0 Å². The topological polar surface area (TPSA) is 20.3 Å². The van der Waals surface area contributed by atoms with Crippen LogP contribution in [-0.2, 0) is 11.0 Å². The van der Waals surface area contributed by atoms with Crippen molar-refractivity contribution in [2.45, 2.75) is 25.4 Å². The maximum atomic E-state index is 13.5. The van der Waals surface area contributed by atoms with E-state index in [1.807, 2.05) is 6.92 Å². The highest BCUT2D eigenvalue weighted by Crippen LogP contribution is 2.39. The number of halogens is 4. The number of carbonyl (C=O) groups excluding carboxylic acids is 1. The maximum Gasteiger partial charge on any atom is 0.416 e. The Labute approximate surface area is 143 Å². The summed E-state index contributed by atoms with van der Waals surface area (Å²) in [4.78, 5) is 14.2. The molecule has 1 saturated heterocycles. The number of hydrogen-bond acceptors (Lipinski definition) is 1. The lowest BCUT2D eigenvalue weighted by molar-refractivity contribution is -0.137. The fraction of sp³-hybridized carbons (Fsp3) is 0.316. The quantitative estimate of drug-likeness (QED) is 0.713. The molecule has 2 aromatic rings. The van der Waals surface area contributed by atoms with Crippen LogP contribution in [0.25, 0.3) is 0 Å². The minimum atomic E-state index is -4.47. The minimum Gasteiger partial charge on any atom is -0.312 e. The number of hydrogen-bond donors (Lipinski definition) is 0. The van der Waals surface area contributed by atoms with Crippen molar-refractivity contribution in [1.82, 2.24) is 0 Å². The van der Waals surface area contributed by atoms with Crippen LogP contribution in [0, 0.1) is 11.7 Å². The molecule has 132 valence electrons. The zero-order valence-corrected chi connectivity index (χ0v) is 13.6. The Bertz CT molecular complexity index is 787. The Morgan fingerprint density at radius 3 is 2.48 bits per heavy atom. The van der Waals surface area contributed by atoms with Gasteiger partial charge in [-0.2, -0.15) is 13.2 Å². The Morgan fingerprint density at radius 1 is 1.12 bits per heavy atom. The Hall–Kier alpha value is -2.37. The van der Waals surface area contributed by atoms with Crippen LogP contribution in [0.4, 0.5) is 23.2 Å². The summed E-state index contributed by atoms with van der Waals surface area (Å²) in [7, 11) is 0. The summed E-state index contributed by atoms with van der Waals surface area (Å²) >= 11 is 0. The molecule has 1 aliphatic heterocycles. The van der Waals surface area contributed by atoms with E-state index < -0.39 is 23.5 Å². The first-order valence-corrected chi connectivity index (χ1v) is 8.05. The number of carbonyl (C=O) groups is 1. The minimum absolute atomic E-state index is 0.0798. The van der Waals surface area contributed by atoms with Crippen LogP contribution >= 0.6 is 0 Å². The standard InChI is InChI=1S/C19H17F4NO/c1-2-12-11-24(16-8-4-6-14(10-16)19(21,22)23)18(25)17(12)13-5-3-7-15(20)9-13/h3-10,12,17H,2,11H2,1H3. The van der Waals surface area contributed by atoms with Crippen molar-refractivity contribution in [3.05, 3.63) is 65.5 Å². The molecule has 25 heavy (non-hydrogen) atoms. The molecule has 3 rings (SSSR count). The average Bonchev–Trinajstić information content (AvgIpc) is 2.91. The van der Waals surface area contributed by atoms with Crippen LogP contribution in [-0.4, -0.2) is 12.5 Å². The fourth-order valence-electron chi connectivity index (χ4n) is 3.36. The highest BCUT2D eigenvalue weighted by atomic mass is 19.4. The highest BCUT2D eigenvalue weighted by molar-refractivity contribution is 6.00. The van der Waals surface area contributed by atoms with Crippen LogP contribution in [0.2, 0.25) is 0 Å². The second-order valence-electron chi connectivity index (χ2n) is 6.20. The predicted molar refractivity (Wildman–Crippen MR) is 86.7 cm³/mol. The molecule has 6 heteroatoms. The van der Waals surface area contributed by atoms with Crippen LogP contribution in [0.1, 0.15) is 30.4 Å². The number of amides is 1. The van der Waals surface area contributed by atoms with Gasteiger partial charge in [0.2, 0.25) is 5.91 Å². The molecule has 0 saturated carbocycles. The Morgan fingerprint density at radius 2 is 1.84 bits per heavy atom. The van der Waals surface area contributed by atoms with Crippen molar-refractivity contribution in [3.8, 4) is 0 Å². The zero-order valence-electron chi connectivity index (χ0n) is 13.6. The summed E-state index contributed by atoms with van der Waals surface area (Å²) in [5.41, 5.74) is -0.0106. The number of benzene rings is 2.